The Kier molecular flexibility index (Phi) is 5.60. The highest BCUT2D eigenvalue weighted by Crippen LogP contribution is 2.20. The summed E-state index contributed by atoms with van der Waals surface area (Å²) in [7, 11) is 0. The number of aryl methyl sites for hydroxylation is 1. The molecule has 0 spiro atoms. The molecule has 0 radical (unpaired) electrons. The monoisotopic (exact) mass is 380 g/mol. The number of piperazine rings is 1. The molecule has 0 aliphatic carbocycles. The highest BCUT2D eigenvalue weighted by Gasteiger charge is 2.23. The van der Waals surface area contributed by atoms with Crippen molar-refractivity contribution in [2.45, 2.75) is 26.2 Å². The van der Waals surface area contributed by atoms with E-state index in [4.69, 9.17) is 0 Å². The van der Waals surface area contributed by atoms with Gasteiger partial charge in [0, 0.05) is 45.0 Å². The van der Waals surface area contributed by atoms with Gasteiger partial charge in [0.15, 0.2) is 11.6 Å². The van der Waals surface area contributed by atoms with Crippen molar-refractivity contribution in [3.05, 3.63) is 42.0 Å². The Hall–Kier alpha value is -2.83. The lowest BCUT2D eigenvalue weighted by atomic mass is 10.1. The summed E-state index contributed by atoms with van der Waals surface area (Å²) in [5.74, 6) is 1.85. The van der Waals surface area contributed by atoms with E-state index in [1.807, 2.05) is 29.2 Å². The maximum atomic E-state index is 12.6. The van der Waals surface area contributed by atoms with Gasteiger partial charge in [0.25, 0.3) is 0 Å². The Labute approximate surface area is 166 Å². The zero-order valence-electron chi connectivity index (χ0n) is 16.5. The first-order valence-corrected chi connectivity index (χ1v) is 10.2. The largest absolute Gasteiger partial charge is 0.355 e. The van der Waals surface area contributed by atoms with Crippen molar-refractivity contribution in [1.29, 1.82) is 0 Å². The predicted molar refractivity (Wildman–Crippen MR) is 112 cm³/mol. The standard InChI is InChI=1S/C21H28N6O/c1-2-17-7-3-4-8-18(17)22-21(28)27-15-13-26(14-16-27)20-10-9-19(23-24-20)25-11-5-6-12-25/h3-4,7-10H,2,5-6,11-16H2,1H3,(H,22,28). The number of aromatic nitrogens is 2. The first kappa shape index (κ1) is 18.5. The van der Waals surface area contributed by atoms with E-state index in [1.165, 1.54) is 12.8 Å². The summed E-state index contributed by atoms with van der Waals surface area (Å²) >= 11 is 0. The summed E-state index contributed by atoms with van der Waals surface area (Å²) in [6.45, 7) is 7.12. The lowest BCUT2D eigenvalue weighted by Gasteiger charge is -2.35. The average molecular weight is 380 g/mol. The first-order chi connectivity index (χ1) is 13.7. The normalized spacial score (nSPS) is 17.1. The molecule has 1 aromatic carbocycles. The molecular formula is C21H28N6O. The first-order valence-electron chi connectivity index (χ1n) is 10.2. The van der Waals surface area contributed by atoms with Gasteiger partial charge in [0.1, 0.15) is 0 Å². The molecule has 3 heterocycles. The molecule has 2 aliphatic rings. The minimum absolute atomic E-state index is 0.0315. The highest BCUT2D eigenvalue weighted by atomic mass is 16.2. The number of benzene rings is 1. The number of nitrogens with one attached hydrogen (secondary N) is 1. The maximum Gasteiger partial charge on any atom is 0.321 e. The van der Waals surface area contributed by atoms with Crippen LogP contribution >= 0.6 is 0 Å². The molecule has 148 valence electrons. The van der Waals surface area contributed by atoms with Crippen LogP contribution in [0.25, 0.3) is 0 Å². The van der Waals surface area contributed by atoms with E-state index in [0.29, 0.717) is 13.1 Å². The Morgan fingerprint density at radius 3 is 2.11 bits per heavy atom. The van der Waals surface area contributed by atoms with Crippen LogP contribution in [-0.4, -0.2) is 60.4 Å². The molecule has 2 amide bonds. The van der Waals surface area contributed by atoms with Gasteiger partial charge in [-0.3, -0.25) is 0 Å². The van der Waals surface area contributed by atoms with Gasteiger partial charge in [0.05, 0.1) is 0 Å². The lowest BCUT2D eigenvalue weighted by molar-refractivity contribution is 0.208. The SMILES string of the molecule is CCc1ccccc1NC(=O)N1CCN(c2ccc(N3CCCC3)nn2)CC1. The third-order valence-electron chi connectivity index (χ3n) is 5.60. The summed E-state index contributed by atoms with van der Waals surface area (Å²) in [6.07, 6.45) is 3.36. The average Bonchev–Trinajstić information content (AvgIpc) is 3.29. The van der Waals surface area contributed by atoms with Gasteiger partial charge in [-0.15, -0.1) is 10.2 Å². The van der Waals surface area contributed by atoms with Crippen molar-refractivity contribution >= 4 is 23.4 Å². The van der Waals surface area contributed by atoms with Crippen molar-refractivity contribution in [2.24, 2.45) is 0 Å². The number of hydrogen-bond donors (Lipinski definition) is 1. The number of urea groups is 1. The summed E-state index contributed by atoms with van der Waals surface area (Å²) in [4.78, 5) is 19.0. The fraction of sp³-hybridized carbons (Fsp3) is 0.476. The van der Waals surface area contributed by atoms with Crippen LogP contribution in [0.3, 0.4) is 0 Å². The second-order valence-electron chi connectivity index (χ2n) is 7.36. The van der Waals surface area contributed by atoms with Crippen LogP contribution < -0.4 is 15.1 Å². The number of carbonyl (C=O) groups excluding carboxylic acids is 1. The molecule has 2 fully saturated rings. The molecule has 1 N–H and O–H groups in total. The fourth-order valence-corrected chi connectivity index (χ4v) is 3.89. The molecule has 7 heteroatoms. The van der Waals surface area contributed by atoms with Crippen LogP contribution in [0.1, 0.15) is 25.3 Å². The minimum Gasteiger partial charge on any atom is -0.355 e. The van der Waals surface area contributed by atoms with E-state index >= 15 is 0 Å². The molecule has 0 unspecified atom stereocenters. The second-order valence-corrected chi connectivity index (χ2v) is 7.36. The Bertz CT molecular complexity index is 795. The lowest BCUT2D eigenvalue weighted by Crippen LogP contribution is -2.50. The number of amides is 2. The number of nitrogens with zero attached hydrogens (tertiary/aromatic N) is 5. The Morgan fingerprint density at radius 1 is 0.893 bits per heavy atom. The smallest absolute Gasteiger partial charge is 0.321 e. The van der Waals surface area contributed by atoms with Crippen LogP contribution in [0.15, 0.2) is 36.4 Å². The maximum absolute atomic E-state index is 12.6. The van der Waals surface area contributed by atoms with E-state index in [1.54, 1.807) is 0 Å². The summed E-state index contributed by atoms with van der Waals surface area (Å²) in [5, 5.41) is 11.9. The van der Waals surface area contributed by atoms with Crippen LogP contribution in [0.2, 0.25) is 0 Å². The zero-order chi connectivity index (χ0) is 19.3. The highest BCUT2D eigenvalue weighted by molar-refractivity contribution is 5.90. The number of carbonyl (C=O) groups is 1. The van der Waals surface area contributed by atoms with E-state index in [9.17, 15) is 4.79 Å². The van der Waals surface area contributed by atoms with Gasteiger partial charge < -0.3 is 20.0 Å². The predicted octanol–water partition coefficient (Wildman–Crippen LogP) is 2.99. The number of hydrogen-bond acceptors (Lipinski definition) is 5. The van der Waals surface area contributed by atoms with Gasteiger partial charge in [0.2, 0.25) is 0 Å². The van der Waals surface area contributed by atoms with Gasteiger partial charge in [-0.05, 0) is 43.0 Å². The number of para-hydroxylation sites is 1. The van der Waals surface area contributed by atoms with Crippen molar-refractivity contribution in [2.75, 3.05) is 54.4 Å². The third kappa shape index (κ3) is 4.03. The van der Waals surface area contributed by atoms with Crippen molar-refractivity contribution in [3.8, 4) is 0 Å². The van der Waals surface area contributed by atoms with Crippen molar-refractivity contribution in [3.63, 3.8) is 0 Å². The molecular weight excluding hydrogens is 352 g/mol. The van der Waals surface area contributed by atoms with Crippen molar-refractivity contribution < 1.29 is 4.79 Å². The topological polar surface area (TPSA) is 64.6 Å². The van der Waals surface area contributed by atoms with E-state index < -0.39 is 0 Å². The summed E-state index contributed by atoms with van der Waals surface area (Å²) < 4.78 is 0. The molecule has 1 aromatic heterocycles. The number of anilines is 3. The second kappa shape index (κ2) is 8.46. The van der Waals surface area contributed by atoms with Gasteiger partial charge >= 0.3 is 6.03 Å². The van der Waals surface area contributed by atoms with Crippen molar-refractivity contribution in [1.82, 2.24) is 15.1 Å². The van der Waals surface area contributed by atoms with Gasteiger partial charge in [-0.25, -0.2) is 4.79 Å². The minimum atomic E-state index is -0.0315. The summed E-state index contributed by atoms with van der Waals surface area (Å²) in [5.41, 5.74) is 2.06. The van der Waals surface area contributed by atoms with E-state index in [0.717, 1.165) is 55.5 Å². The molecule has 7 nitrogen and oxygen atoms in total. The van der Waals surface area contributed by atoms with Gasteiger partial charge in [-0.2, -0.15) is 0 Å². The Balaban J connectivity index is 1.32. The van der Waals surface area contributed by atoms with E-state index in [-0.39, 0.29) is 6.03 Å². The third-order valence-corrected chi connectivity index (χ3v) is 5.60. The van der Waals surface area contributed by atoms with E-state index in [2.05, 4.69) is 44.4 Å². The zero-order valence-corrected chi connectivity index (χ0v) is 16.5. The molecule has 0 saturated carbocycles. The summed E-state index contributed by atoms with van der Waals surface area (Å²) in [6, 6.07) is 12.1. The molecule has 2 saturated heterocycles. The quantitative estimate of drug-likeness (QED) is 0.883. The van der Waals surface area contributed by atoms with Crippen LogP contribution in [0, 0.1) is 0 Å². The van der Waals surface area contributed by atoms with Crippen LogP contribution in [0.5, 0.6) is 0 Å². The number of rotatable bonds is 4. The van der Waals surface area contributed by atoms with Crippen LogP contribution in [0.4, 0.5) is 22.1 Å². The Morgan fingerprint density at radius 2 is 1.50 bits per heavy atom. The van der Waals surface area contributed by atoms with Gasteiger partial charge in [-0.1, -0.05) is 25.1 Å². The molecule has 2 aliphatic heterocycles. The fourth-order valence-electron chi connectivity index (χ4n) is 3.89. The molecule has 28 heavy (non-hydrogen) atoms. The molecule has 4 rings (SSSR count). The molecule has 2 aromatic rings. The van der Waals surface area contributed by atoms with Crippen LogP contribution in [-0.2, 0) is 6.42 Å². The molecule has 0 bridgehead atoms. The molecule has 0 atom stereocenters.